The van der Waals surface area contributed by atoms with Crippen molar-refractivity contribution in [3.8, 4) is 17.0 Å². The van der Waals surface area contributed by atoms with Gasteiger partial charge in [-0.25, -0.2) is 0 Å². The Hall–Kier alpha value is -2.60. The molecular formula is C19H19N3O2S. The minimum atomic E-state index is -0.223. The van der Waals surface area contributed by atoms with Crippen molar-refractivity contribution in [2.24, 2.45) is 0 Å². The molecule has 0 fully saturated rings. The maximum atomic E-state index is 12.1. The van der Waals surface area contributed by atoms with Gasteiger partial charge < -0.3 is 4.74 Å². The van der Waals surface area contributed by atoms with Crippen LogP contribution >= 0.6 is 11.8 Å². The number of nitrogens with one attached hydrogen (secondary N) is 1. The minimum absolute atomic E-state index is 0.223. The molecule has 5 nitrogen and oxygen atoms in total. The fourth-order valence-corrected chi connectivity index (χ4v) is 2.94. The van der Waals surface area contributed by atoms with E-state index in [0.717, 1.165) is 23.5 Å². The molecule has 2 aromatic carbocycles. The summed E-state index contributed by atoms with van der Waals surface area (Å²) in [7, 11) is 0. The molecule has 0 aliphatic rings. The third-order valence-corrected chi connectivity index (χ3v) is 4.49. The number of aryl methyl sites for hydroxylation is 1. The van der Waals surface area contributed by atoms with Crippen LogP contribution in [0, 0.1) is 6.92 Å². The van der Waals surface area contributed by atoms with Crippen LogP contribution in [0.1, 0.15) is 12.0 Å². The lowest BCUT2D eigenvalue weighted by Crippen LogP contribution is -2.14. The molecule has 3 aromatic rings. The molecule has 0 bridgehead atoms. The summed E-state index contributed by atoms with van der Waals surface area (Å²) in [5.74, 6) is 1.66. The van der Waals surface area contributed by atoms with Crippen LogP contribution in [0.2, 0.25) is 0 Å². The zero-order valence-corrected chi connectivity index (χ0v) is 14.8. The van der Waals surface area contributed by atoms with Crippen molar-refractivity contribution in [2.75, 3.05) is 12.4 Å². The molecule has 128 valence electrons. The van der Waals surface area contributed by atoms with Gasteiger partial charge in [0.05, 0.1) is 6.61 Å². The number of rotatable bonds is 7. The van der Waals surface area contributed by atoms with Gasteiger partial charge in [0.2, 0.25) is 0 Å². The Balaban J connectivity index is 1.48. The second-order valence-corrected chi connectivity index (χ2v) is 6.62. The standard InChI is InChI=1S/C19H19N3O2S/c1-14-8-10-16(11-9-14)24-12-5-13-25-19-20-18(23)17(21-22-19)15-6-3-2-4-7-15/h2-4,6-11H,5,12-13H2,1H3,(H,20,22,23). The summed E-state index contributed by atoms with van der Waals surface area (Å²) in [5, 5.41) is 8.68. The number of benzene rings is 2. The van der Waals surface area contributed by atoms with Crippen LogP contribution in [0.3, 0.4) is 0 Å². The molecule has 0 atom stereocenters. The van der Waals surface area contributed by atoms with Gasteiger partial charge in [-0.2, -0.15) is 0 Å². The molecule has 6 heteroatoms. The van der Waals surface area contributed by atoms with E-state index in [9.17, 15) is 4.79 Å². The highest BCUT2D eigenvalue weighted by molar-refractivity contribution is 7.99. The zero-order chi connectivity index (χ0) is 17.5. The first-order valence-electron chi connectivity index (χ1n) is 8.07. The van der Waals surface area contributed by atoms with Gasteiger partial charge in [-0.3, -0.25) is 9.78 Å². The lowest BCUT2D eigenvalue weighted by Gasteiger charge is -2.06. The van der Waals surface area contributed by atoms with E-state index in [1.54, 1.807) is 0 Å². The summed E-state index contributed by atoms with van der Waals surface area (Å²) in [6, 6.07) is 17.3. The van der Waals surface area contributed by atoms with E-state index in [2.05, 4.69) is 15.2 Å². The molecule has 0 saturated heterocycles. The summed E-state index contributed by atoms with van der Waals surface area (Å²) in [4.78, 5) is 14.9. The summed E-state index contributed by atoms with van der Waals surface area (Å²) in [6.45, 7) is 2.67. The first kappa shape index (κ1) is 17.2. The smallest absolute Gasteiger partial charge is 0.278 e. The molecule has 1 heterocycles. The molecule has 3 rings (SSSR count). The van der Waals surface area contributed by atoms with Crippen LogP contribution in [-0.2, 0) is 0 Å². The van der Waals surface area contributed by atoms with Crippen molar-refractivity contribution >= 4 is 11.8 Å². The summed E-state index contributed by atoms with van der Waals surface area (Å²) < 4.78 is 5.68. The molecule has 0 saturated carbocycles. The number of hydrogen-bond acceptors (Lipinski definition) is 5. The van der Waals surface area contributed by atoms with Crippen LogP contribution in [0.15, 0.2) is 64.5 Å². The first-order valence-corrected chi connectivity index (χ1v) is 9.05. The molecule has 0 aliphatic carbocycles. The van der Waals surface area contributed by atoms with Gasteiger partial charge >= 0.3 is 0 Å². The third kappa shape index (κ3) is 4.93. The van der Waals surface area contributed by atoms with Gasteiger partial charge in [-0.15, -0.1) is 10.2 Å². The SMILES string of the molecule is Cc1ccc(OCCCSc2nnc(-c3ccccc3)c(=O)[nH]2)cc1. The fraction of sp³-hybridized carbons (Fsp3) is 0.211. The zero-order valence-electron chi connectivity index (χ0n) is 13.9. The van der Waals surface area contributed by atoms with Crippen molar-refractivity contribution in [1.29, 1.82) is 0 Å². The molecule has 25 heavy (non-hydrogen) atoms. The highest BCUT2D eigenvalue weighted by atomic mass is 32.2. The van der Waals surface area contributed by atoms with Gasteiger partial charge in [-0.05, 0) is 25.5 Å². The second-order valence-electron chi connectivity index (χ2n) is 5.54. The molecule has 1 N–H and O–H groups in total. The Bertz CT molecular complexity index is 864. The molecule has 0 amide bonds. The van der Waals surface area contributed by atoms with Gasteiger partial charge in [0.25, 0.3) is 5.56 Å². The average Bonchev–Trinajstić information content (AvgIpc) is 2.64. The van der Waals surface area contributed by atoms with E-state index in [1.165, 1.54) is 17.3 Å². The van der Waals surface area contributed by atoms with Crippen LogP contribution < -0.4 is 10.3 Å². The lowest BCUT2D eigenvalue weighted by atomic mass is 10.2. The molecule has 0 aliphatic heterocycles. The summed E-state index contributed by atoms with van der Waals surface area (Å²) >= 11 is 1.47. The largest absolute Gasteiger partial charge is 0.494 e. The molecule has 0 spiro atoms. The second kappa shape index (κ2) is 8.48. The fourth-order valence-electron chi connectivity index (χ4n) is 2.22. The van der Waals surface area contributed by atoms with Crippen LogP contribution in [0.5, 0.6) is 5.75 Å². The van der Waals surface area contributed by atoms with E-state index in [-0.39, 0.29) is 5.56 Å². The minimum Gasteiger partial charge on any atom is -0.494 e. The van der Waals surface area contributed by atoms with Crippen molar-refractivity contribution in [3.05, 3.63) is 70.5 Å². The number of hydrogen-bond donors (Lipinski definition) is 1. The van der Waals surface area contributed by atoms with Crippen molar-refractivity contribution in [1.82, 2.24) is 15.2 Å². The Morgan fingerprint density at radius 1 is 1.04 bits per heavy atom. The van der Waals surface area contributed by atoms with Gasteiger partial charge in [-0.1, -0.05) is 59.8 Å². The summed E-state index contributed by atoms with van der Waals surface area (Å²) in [6.07, 6.45) is 0.850. The number of ether oxygens (including phenoxy) is 1. The number of H-pyrrole nitrogens is 1. The first-order chi connectivity index (χ1) is 12.2. The van der Waals surface area contributed by atoms with E-state index in [0.29, 0.717) is 17.5 Å². The van der Waals surface area contributed by atoms with E-state index in [1.807, 2.05) is 61.5 Å². The number of aromatic amines is 1. The number of thioether (sulfide) groups is 1. The lowest BCUT2D eigenvalue weighted by molar-refractivity contribution is 0.318. The van der Waals surface area contributed by atoms with Gasteiger partial charge in [0.15, 0.2) is 10.9 Å². The Morgan fingerprint density at radius 3 is 2.52 bits per heavy atom. The maximum Gasteiger partial charge on any atom is 0.278 e. The van der Waals surface area contributed by atoms with E-state index < -0.39 is 0 Å². The normalized spacial score (nSPS) is 10.6. The molecular weight excluding hydrogens is 334 g/mol. The number of aromatic nitrogens is 3. The van der Waals surface area contributed by atoms with Crippen molar-refractivity contribution in [3.63, 3.8) is 0 Å². The van der Waals surface area contributed by atoms with E-state index >= 15 is 0 Å². The third-order valence-electron chi connectivity index (χ3n) is 3.54. The van der Waals surface area contributed by atoms with Crippen LogP contribution in [0.25, 0.3) is 11.3 Å². The van der Waals surface area contributed by atoms with Crippen LogP contribution in [0.4, 0.5) is 0 Å². The van der Waals surface area contributed by atoms with Crippen LogP contribution in [-0.4, -0.2) is 27.5 Å². The maximum absolute atomic E-state index is 12.1. The number of nitrogens with zero attached hydrogens (tertiary/aromatic N) is 2. The van der Waals surface area contributed by atoms with Gasteiger partial charge in [0, 0.05) is 11.3 Å². The monoisotopic (exact) mass is 353 g/mol. The highest BCUT2D eigenvalue weighted by Crippen LogP contribution is 2.16. The molecule has 1 aromatic heterocycles. The predicted molar refractivity (Wildman–Crippen MR) is 100 cm³/mol. The van der Waals surface area contributed by atoms with Crippen molar-refractivity contribution < 1.29 is 4.74 Å². The molecule has 0 radical (unpaired) electrons. The Morgan fingerprint density at radius 2 is 1.80 bits per heavy atom. The predicted octanol–water partition coefficient (Wildman–Crippen LogP) is 3.70. The molecule has 0 unspecified atom stereocenters. The Labute approximate surface area is 150 Å². The van der Waals surface area contributed by atoms with Gasteiger partial charge in [0.1, 0.15) is 5.75 Å². The quantitative estimate of drug-likeness (QED) is 0.518. The highest BCUT2D eigenvalue weighted by Gasteiger charge is 2.07. The Kier molecular flexibility index (Phi) is 5.85. The average molecular weight is 353 g/mol. The summed E-state index contributed by atoms with van der Waals surface area (Å²) in [5.41, 5.74) is 2.09. The van der Waals surface area contributed by atoms with Crippen molar-refractivity contribution in [2.45, 2.75) is 18.5 Å². The van der Waals surface area contributed by atoms with E-state index in [4.69, 9.17) is 4.74 Å². The topological polar surface area (TPSA) is 67.9 Å².